The fourth-order valence-electron chi connectivity index (χ4n) is 2.12. The van der Waals surface area contributed by atoms with E-state index in [1.165, 1.54) is 25.9 Å². The molecule has 0 aromatic heterocycles. The SMILES string of the molecule is CN1CCN(C2CC2)C(CN)C1. The molecule has 1 aliphatic carbocycles. The standard InChI is InChI=1S/C9H19N3/c1-11-4-5-12(8-2-3-8)9(6-10)7-11/h8-9H,2-7,10H2,1H3. The van der Waals surface area contributed by atoms with Crippen LogP contribution in [0.15, 0.2) is 0 Å². The van der Waals surface area contributed by atoms with E-state index >= 15 is 0 Å². The summed E-state index contributed by atoms with van der Waals surface area (Å²) < 4.78 is 0. The molecular weight excluding hydrogens is 150 g/mol. The first-order valence-electron chi connectivity index (χ1n) is 4.95. The largest absolute Gasteiger partial charge is 0.329 e. The molecule has 1 aliphatic heterocycles. The van der Waals surface area contributed by atoms with Crippen molar-refractivity contribution in [3.63, 3.8) is 0 Å². The van der Waals surface area contributed by atoms with Gasteiger partial charge in [0.25, 0.3) is 0 Å². The van der Waals surface area contributed by atoms with Crippen molar-refractivity contribution in [3.8, 4) is 0 Å². The molecule has 1 unspecified atom stereocenters. The molecule has 1 heterocycles. The van der Waals surface area contributed by atoms with Crippen LogP contribution in [-0.4, -0.2) is 55.1 Å². The topological polar surface area (TPSA) is 32.5 Å². The Morgan fingerprint density at radius 2 is 2.08 bits per heavy atom. The second-order valence-electron chi connectivity index (χ2n) is 4.12. The van der Waals surface area contributed by atoms with Crippen LogP contribution in [-0.2, 0) is 0 Å². The minimum absolute atomic E-state index is 0.622. The van der Waals surface area contributed by atoms with Gasteiger partial charge in [-0.05, 0) is 19.9 Å². The molecule has 3 nitrogen and oxygen atoms in total. The maximum absolute atomic E-state index is 5.75. The predicted molar refractivity (Wildman–Crippen MR) is 50.1 cm³/mol. The van der Waals surface area contributed by atoms with E-state index in [0.29, 0.717) is 6.04 Å². The first-order chi connectivity index (χ1) is 5.81. The Balaban J connectivity index is 1.92. The van der Waals surface area contributed by atoms with Crippen molar-refractivity contribution in [3.05, 3.63) is 0 Å². The molecule has 0 radical (unpaired) electrons. The van der Waals surface area contributed by atoms with E-state index in [1.54, 1.807) is 0 Å². The molecule has 1 saturated carbocycles. The Kier molecular flexibility index (Phi) is 2.35. The summed E-state index contributed by atoms with van der Waals surface area (Å²) in [6, 6.07) is 1.50. The lowest BCUT2D eigenvalue weighted by molar-refractivity contribution is 0.0876. The summed E-state index contributed by atoms with van der Waals surface area (Å²) >= 11 is 0. The van der Waals surface area contributed by atoms with Gasteiger partial charge in [-0.2, -0.15) is 0 Å². The van der Waals surface area contributed by atoms with Crippen LogP contribution in [0.2, 0.25) is 0 Å². The lowest BCUT2D eigenvalue weighted by Crippen LogP contribution is -2.55. The Labute approximate surface area is 74.5 Å². The molecule has 1 atom stereocenters. The zero-order valence-electron chi connectivity index (χ0n) is 7.87. The number of piperazine rings is 1. The molecule has 2 fully saturated rings. The lowest BCUT2D eigenvalue weighted by Gasteiger charge is -2.39. The van der Waals surface area contributed by atoms with E-state index < -0.39 is 0 Å². The molecule has 2 aliphatic rings. The van der Waals surface area contributed by atoms with Crippen LogP contribution in [0.3, 0.4) is 0 Å². The third-order valence-corrected chi connectivity index (χ3v) is 3.02. The number of likely N-dealkylation sites (N-methyl/N-ethyl adjacent to an activating group) is 1. The van der Waals surface area contributed by atoms with Crippen molar-refractivity contribution in [1.29, 1.82) is 0 Å². The van der Waals surface area contributed by atoms with Gasteiger partial charge in [-0.3, -0.25) is 4.90 Å². The summed E-state index contributed by atoms with van der Waals surface area (Å²) in [4.78, 5) is 5.00. The van der Waals surface area contributed by atoms with E-state index in [4.69, 9.17) is 5.73 Å². The summed E-state index contributed by atoms with van der Waals surface area (Å²) in [5.74, 6) is 0. The van der Waals surface area contributed by atoms with Gasteiger partial charge in [0.05, 0.1) is 0 Å². The van der Waals surface area contributed by atoms with Crippen molar-refractivity contribution in [1.82, 2.24) is 9.80 Å². The Morgan fingerprint density at radius 1 is 1.33 bits per heavy atom. The van der Waals surface area contributed by atoms with Crippen LogP contribution in [0, 0.1) is 0 Å². The monoisotopic (exact) mass is 169 g/mol. The van der Waals surface area contributed by atoms with Crippen molar-refractivity contribution in [2.75, 3.05) is 33.2 Å². The van der Waals surface area contributed by atoms with Gasteiger partial charge < -0.3 is 10.6 Å². The Morgan fingerprint density at radius 3 is 2.67 bits per heavy atom. The smallest absolute Gasteiger partial charge is 0.0349 e. The zero-order chi connectivity index (χ0) is 8.55. The molecule has 2 N–H and O–H groups in total. The van der Waals surface area contributed by atoms with Crippen molar-refractivity contribution in [2.45, 2.75) is 24.9 Å². The van der Waals surface area contributed by atoms with Gasteiger partial charge in [-0.15, -0.1) is 0 Å². The fraction of sp³-hybridized carbons (Fsp3) is 1.00. The van der Waals surface area contributed by atoms with Gasteiger partial charge in [0.1, 0.15) is 0 Å². The van der Waals surface area contributed by atoms with E-state index in [0.717, 1.165) is 19.1 Å². The average molecular weight is 169 g/mol. The second-order valence-corrected chi connectivity index (χ2v) is 4.12. The molecule has 0 bridgehead atoms. The van der Waals surface area contributed by atoms with Crippen LogP contribution in [0.4, 0.5) is 0 Å². The third-order valence-electron chi connectivity index (χ3n) is 3.02. The summed E-state index contributed by atoms with van der Waals surface area (Å²) in [5, 5.41) is 0. The van der Waals surface area contributed by atoms with E-state index in [2.05, 4.69) is 16.8 Å². The van der Waals surface area contributed by atoms with Gasteiger partial charge >= 0.3 is 0 Å². The highest BCUT2D eigenvalue weighted by Gasteiger charge is 2.35. The number of hydrogen-bond donors (Lipinski definition) is 1. The van der Waals surface area contributed by atoms with Gasteiger partial charge in [0, 0.05) is 38.3 Å². The fourth-order valence-corrected chi connectivity index (χ4v) is 2.12. The van der Waals surface area contributed by atoms with Crippen LogP contribution in [0.5, 0.6) is 0 Å². The highest BCUT2D eigenvalue weighted by molar-refractivity contribution is 4.92. The highest BCUT2D eigenvalue weighted by Crippen LogP contribution is 2.29. The molecule has 2 rings (SSSR count). The molecule has 70 valence electrons. The number of rotatable bonds is 2. The second kappa shape index (κ2) is 3.32. The summed E-state index contributed by atoms with van der Waals surface area (Å²) in [5.41, 5.74) is 5.75. The summed E-state index contributed by atoms with van der Waals surface area (Å²) in [6.45, 7) is 4.42. The number of nitrogens with two attached hydrogens (primary N) is 1. The molecule has 3 heteroatoms. The highest BCUT2D eigenvalue weighted by atomic mass is 15.3. The molecule has 0 spiro atoms. The van der Waals surface area contributed by atoms with Crippen molar-refractivity contribution in [2.24, 2.45) is 5.73 Å². The van der Waals surface area contributed by atoms with Gasteiger partial charge in [-0.25, -0.2) is 0 Å². The minimum Gasteiger partial charge on any atom is -0.329 e. The van der Waals surface area contributed by atoms with Gasteiger partial charge in [0.15, 0.2) is 0 Å². The van der Waals surface area contributed by atoms with E-state index in [1.807, 2.05) is 0 Å². The summed E-state index contributed by atoms with van der Waals surface area (Å²) in [7, 11) is 2.19. The maximum Gasteiger partial charge on any atom is 0.0349 e. The first kappa shape index (κ1) is 8.48. The Bertz CT molecular complexity index is 156. The minimum atomic E-state index is 0.622. The van der Waals surface area contributed by atoms with Gasteiger partial charge in [-0.1, -0.05) is 0 Å². The lowest BCUT2D eigenvalue weighted by atomic mass is 10.1. The van der Waals surface area contributed by atoms with Crippen molar-refractivity contribution >= 4 is 0 Å². The van der Waals surface area contributed by atoms with Crippen LogP contribution < -0.4 is 5.73 Å². The predicted octanol–water partition coefficient (Wildman–Crippen LogP) is -0.276. The molecule has 0 aromatic carbocycles. The maximum atomic E-state index is 5.75. The van der Waals surface area contributed by atoms with Gasteiger partial charge in [0.2, 0.25) is 0 Å². The Hall–Kier alpha value is -0.120. The van der Waals surface area contributed by atoms with Crippen molar-refractivity contribution < 1.29 is 0 Å². The first-order valence-corrected chi connectivity index (χ1v) is 4.95. The van der Waals surface area contributed by atoms with Crippen LogP contribution >= 0.6 is 0 Å². The molecule has 1 saturated heterocycles. The number of nitrogens with zero attached hydrogens (tertiary/aromatic N) is 2. The summed E-state index contributed by atoms with van der Waals surface area (Å²) in [6.07, 6.45) is 2.81. The van der Waals surface area contributed by atoms with E-state index in [9.17, 15) is 0 Å². The van der Waals surface area contributed by atoms with Crippen LogP contribution in [0.1, 0.15) is 12.8 Å². The normalized spacial score (nSPS) is 34.0. The zero-order valence-corrected chi connectivity index (χ0v) is 7.87. The molecule has 0 amide bonds. The third kappa shape index (κ3) is 1.63. The molecule has 0 aromatic rings. The van der Waals surface area contributed by atoms with Crippen LogP contribution in [0.25, 0.3) is 0 Å². The molecule has 12 heavy (non-hydrogen) atoms. The average Bonchev–Trinajstić information content (AvgIpc) is 2.87. The number of hydrogen-bond acceptors (Lipinski definition) is 3. The van der Waals surface area contributed by atoms with E-state index in [-0.39, 0.29) is 0 Å². The molecular formula is C9H19N3. The quantitative estimate of drug-likeness (QED) is 0.617.